The molecule has 0 saturated heterocycles. The van der Waals surface area contributed by atoms with Gasteiger partial charge in [-0.1, -0.05) is 37.3 Å². The molecule has 3 aromatic rings. The Morgan fingerprint density at radius 1 is 1.12 bits per heavy atom. The van der Waals surface area contributed by atoms with E-state index in [0.717, 1.165) is 31.5 Å². The largest absolute Gasteiger partial charge is 0.388 e. The molecule has 0 radical (unpaired) electrons. The predicted octanol–water partition coefficient (Wildman–Crippen LogP) is 5.53. The van der Waals surface area contributed by atoms with Crippen molar-refractivity contribution in [3.05, 3.63) is 83.3 Å². The van der Waals surface area contributed by atoms with E-state index in [0.29, 0.717) is 28.5 Å². The maximum atomic E-state index is 14.3. The third-order valence-electron chi connectivity index (χ3n) is 6.71. The zero-order valence-corrected chi connectivity index (χ0v) is 18.6. The van der Waals surface area contributed by atoms with E-state index in [1.807, 2.05) is 0 Å². The van der Waals surface area contributed by atoms with Crippen molar-refractivity contribution in [2.75, 3.05) is 0 Å². The van der Waals surface area contributed by atoms with E-state index in [1.54, 1.807) is 30.5 Å². The molecule has 1 saturated carbocycles. The van der Waals surface area contributed by atoms with Crippen LogP contribution in [0, 0.1) is 23.5 Å². The van der Waals surface area contributed by atoms with Crippen LogP contribution in [0.3, 0.4) is 0 Å². The number of aliphatic imine (C=N–C) groups is 1. The molecule has 5 unspecified atom stereocenters. The number of nitrogens with zero attached hydrogens (tertiary/aromatic N) is 1. The molecule has 5 atom stereocenters. The summed E-state index contributed by atoms with van der Waals surface area (Å²) in [7, 11) is 0. The average molecular weight is 472 g/mol. The van der Waals surface area contributed by atoms with Crippen molar-refractivity contribution in [2.45, 2.75) is 44.1 Å². The van der Waals surface area contributed by atoms with Crippen molar-refractivity contribution in [3.63, 3.8) is 0 Å². The average Bonchev–Trinajstić information content (AvgIpc) is 3.22. The molecule has 4 rings (SSSR count). The van der Waals surface area contributed by atoms with Gasteiger partial charge in [0.05, 0.1) is 23.9 Å². The van der Waals surface area contributed by atoms with Crippen LogP contribution in [0.25, 0.3) is 10.9 Å². The Morgan fingerprint density at radius 3 is 2.53 bits per heavy atom. The van der Waals surface area contributed by atoms with Gasteiger partial charge in [0.15, 0.2) is 0 Å². The summed E-state index contributed by atoms with van der Waals surface area (Å²) in [6.45, 7) is 3.23. The number of nitrogens with one attached hydrogen (secondary N) is 1. The van der Waals surface area contributed by atoms with Crippen LogP contribution in [-0.4, -0.2) is 21.4 Å². The number of benzene rings is 2. The minimum Gasteiger partial charge on any atom is -0.388 e. The summed E-state index contributed by atoms with van der Waals surface area (Å²) in [6, 6.07) is 8.40. The highest BCUT2D eigenvalue weighted by Gasteiger charge is 2.35. The Morgan fingerprint density at radius 2 is 1.82 bits per heavy atom. The molecule has 180 valence electrons. The molecule has 5 nitrogen and oxygen atoms in total. The van der Waals surface area contributed by atoms with E-state index in [9.17, 15) is 23.4 Å². The molecule has 8 heteroatoms. The van der Waals surface area contributed by atoms with Gasteiger partial charge in [-0.2, -0.15) is 0 Å². The molecule has 2 aromatic carbocycles. The summed E-state index contributed by atoms with van der Waals surface area (Å²) in [5, 5.41) is 21.5. The first-order valence-electron chi connectivity index (χ1n) is 11.3. The molecule has 0 amide bonds. The molecule has 5 N–H and O–H groups in total. The Labute approximate surface area is 195 Å². The fourth-order valence-corrected chi connectivity index (χ4v) is 5.18. The van der Waals surface area contributed by atoms with Crippen LogP contribution >= 0.6 is 0 Å². The van der Waals surface area contributed by atoms with Crippen molar-refractivity contribution in [3.8, 4) is 0 Å². The maximum absolute atomic E-state index is 14.3. The molecular weight excluding hydrogens is 443 g/mol. The third kappa shape index (κ3) is 4.94. The molecule has 0 bridgehead atoms. The number of fused-ring (bicyclic) bond motifs is 1. The van der Waals surface area contributed by atoms with Crippen LogP contribution in [0.15, 0.2) is 60.0 Å². The van der Waals surface area contributed by atoms with Crippen LogP contribution in [0.5, 0.6) is 0 Å². The van der Waals surface area contributed by atoms with Crippen LogP contribution in [0.1, 0.15) is 60.7 Å². The first-order chi connectivity index (χ1) is 16.3. The number of allylic oxidation sites excluding steroid dienone is 1. The Hall–Kier alpha value is -2.94. The highest BCUT2D eigenvalue weighted by Crippen LogP contribution is 2.45. The summed E-state index contributed by atoms with van der Waals surface area (Å²) < 4.78 is 41.8. The van der Waals surface area contributed by atoms with Gasteiger partial charge in [-0.25, -0.2) is 13.2 Å². The first kappa shape index (κ1) is 24.2. The lowest BCUT2D eigenvalue weighted by atomic mass is 9.73. The molecular formula is C26H28F3N3O2. The number of aromatic amines is 1. The molecule has 34 heavy (non-hydrogen) atoms. The van der Waals surface area contributed by atoms with E-state index in [1.165, 1.54) is 6.07 Å². The third-order valence-corrected chi connectivity index (χ3v) is 6.71. The van der Waals surface area contributed by atoms with Crippen LogP contribution < -0.4 is 5.73 Å². The molecule has 1 heterocycles. The summed E-state index contributed by atoms with van der Waals surface area (Å²) in [4.78, 5) is 7.25. The van der Waals surface area contributed by atoms with Crippen molar-refractivity contribution in [1.82, 2.24) is 4.98 Å². The van der Waals surface area contributed by atoms with Gasteiger partial charge in [0.1, 0.15) is 23.7 Å². The summed E-state index contributed by atoms with van der Waals surface area (Å²) >= 11 is 0. The molecule has 1 aliphatic rings. The second kappa shape index (κ2) is 10.1. The lowest BCUT2D eigenvalue weighted by molar-refractivity contribution is 0.0606. The standard InChI is InChI=1S/C26H28F3N3O2/c1-14(27)12-31-23(21-13-32-24-20(21)10-17(28)11-22(24)29)15-5-4-6-16(9-15)25(33)18-7-2-3-8-19(18)26(30)34/h2-3,7-8,10-13,15-16,23,25-26,32-34H,1,4-6,9,30H2. The predicted molar refractivity (Wildman–Crippen MR) is 126 cm³/mol. The highest BCUT2D eigenvalue weighted by molar-refractivity contribution is 5.85. The van der Waals surface area contributed by atoms with Gasteiger partial charge in [-0.05, 0) is 42.7 Å². The number of aliphatic hydroxyl groups is 2. The van der Waals surface area contributed by atoms with Gasteiger partial charge in [0.2, 0.25) is 0 Å². The van der Waals surface area contributed by atoms with Crippen molar-refractivity contribution in [2.24, 2.45) is 22.6 Å². The van der Waals surface area contributed by atoms with Crippen LogP contribution in [0.4, 0.5) is 13.2 Å². The zero-order valence-electron chi connectivity index (χ0n) is 18.6. The quantitative estimate of drug-likeness (QED) is 0.270. The second-order valence-corrected chi connectivity index (χ2v) is 8.93. The summed E-state index contributed by atoms with van der Waals surface area (Å²) in [6.07, 6.45) is 3.35. The number of H-pyrrole nitrogens is 1. The smallest absolute Gasteiger partial charge is 0.150 e. The summed E-state index contributed by atoms with van der Waals surface area (Å²) in [5.74, 6) is -2.43. The first-order valence-corrected chi connectivity index (χ1v) is 11.3. The Balaban J connectivity index is 1.68. The van der Waals surface area contributed by atoms with Gasteiger partial charge < -0.3 is 20.9 Å². The maximum Gasteiger partial charge on any atom is 0.150 e. The van der Waals surface area contributed by atoms with Gasteiger partial charge >= 0.3 is 0 Å². The van der Waals surface area contributed by atoms with Gasteiger partial charge in [-0.3, -0.25) is 4.99 Å². The second-order valence-electron chi connectivity index (χ2n) is 8.93. The fraction of sp³-hybridized carbons (Fsp3) is 0.346. The number of hydrogen-bond donors (Lipinski definition) is 4. The van der Waals surface area contributed by atoms with Crippen molar-refractivity contribution >= 4 is 17.1 Å². The highest BCUT2D eigenvalue weighted by atomic mass is 19.1. The lowest BCUT2D eigenvalue weighted by Crippen LogP contribution is -2.26. The van der Waals surface area contributed by atoms with E-state index in [4.69, 9.17) is 5.73 Å². The van der Waals surface area contributed by atoms with E-state index < -0.39 is 35.8 Å². The molecule has 1 aliphatic carbocycles. The zero-order chi connectivity index (χ0) is 24.4. The lowest BCUT2D eigenvalue weighted by Gasteiger charge is -2.36. The summed E-state index contributed by atoms with van der Waals surface area (Å²) in [5.41, 5.74) is 7.43. The van der Waals surface area contributed by atoms with E-state index in [-0.39, 0.29) is 17.4 Å². The number of hydrogen-bond acceptors (Lipinski definition) is 4. The minimum atomic E-state index is -1.21. The Kier molecular flexibility index (Phi) is 7.21. The number of nitrogens with two attached hydrogens (primary N) is 1. The van der Waals surface area contributed by atoms with E-state index >= 15 is 0 Å². The topological polar surface area (TPSA) is 94.6 Å². The van der Waals surface area contributed by atoms with Gasteiger partial charge in [0.25, 0.3) is 0 Å². The monoisotopic (exact) mass is 471 g/mol. The van der Waals surface area contributed by atoms with Crippen LogP contribution in [0.2, 0.25) is 0 Å². The number of aliphatic hydroxyl groups excluding tert-OH is 2. The van der Waals surface area contributed by atoms with Crippen LogP contribution in [-0.2, 0) is 0 Å². The van der Waals surface area contributed by atoms with Gasteiger partial charge in [0, 0.05) is 28.8 Å². The number of aromatic nitrogens is 1. The number of halogens is 3. The molecule has 1 aromatic heterocycles. The van der Waals surface area contributed by atoms with E-state index in [2.05, 4.69) is 16.6 Å². The van der Waals surface area contributed by atoms with Crippen molar-refractivity contribution in [1.29, 1.82) is 0 Å². The van der Waals surface area contributed by atoms with Gasteiger partial charge in [-0.15, -0.1) is 0 Å². The Bertz CT molecular complexity index is 1210. The van der Waals surface area contributed by atoms with Crippen molar-refractivity contribution < 1.29 is 23.4 Å². The fourth-order valence-electron chi connectivity index (χ4n) is 5.18. The molecule has 1 fully saturated rings. The number of rotatable bonds is 7. The normalized spacial score (nSPS) is 21.6. The SMILES string of the molecule is C=C(F)C=NC(c1c[nH]c2c(F)cc(F)cc12)C1CCCC(C(O)c2ccccc2C(N)O)C1. The molecule has 0 aliphatic heterocycles. The molecule has 0 spiro atoms. The minimum absolute atomic E-state index is 0.121.